The third-order valence-electron chi connectivity index (χ3n) is 5.99. The molecule has 8 heteroatoms. The molecule has 1 atom stereocenters. The zero-order chi connectivity index (χ0) is 22.9. The zero-order valence-corrected chi connectivity index (χ0v) is 16.9. The molecule has 1 N–H and O–H groups in total. The summed E-state index contributed by atoms with van der Waals surface area (Å²) in [5.74, 6) is 0. The van der Waals surface area contributed by atoms with E-state index >= 15 is 0 Å². The number of hydrogen-bond acceptors (Lipinski definition) is 2. The summed E-state index contributed by atoms with van der Waals surface area (Å²) in [5, 5.41) is 9.90. The maximum absolute atomic E-state index is 13.2. The van der Waals surface area contributed by atoms with Gasteiger partial charge >= 0.3 is 12.4 Å². The highest BCUT2D eigenvalue weighted by atomic mass is 19.4. The molecule has 0 aromatic heterocycles. The summed E-state index contributed by atoms with van der Waals surface area (Å²) in [4.78, 5) is 0. The predicted molar refractivity (Wildman–Crippen MR) is 103 cm³/mol. The first-order chi connectivity index (χ1) is 14.4. The summed E-state index contributed by atoms with van der Waals surface area (Å²) < 4.78 is 84.9. The van der Waals surface area contributed by atoms with Gasteiger partial charge in [-0.25, -0.2) is 0 Å². The Morgan fingerprint density at radius 1 is 0.935 bits per heavy atom. The van der Waals surface area contributed by atoms with E-state index in [0.717, 1.165) is 5.56 Å². The van der Waals surface area contributed by atoms with Gasteiger partial charge in [0.1, 0.15) is 0 Å². The Kier molecular flexibility index (Phi) is 6.72. The fraction of sp³-hybridized carbons (Fsp3) is 0.478. The first-order valence-corrected chi connectivity index (χ1v) is 10.1. The summed E-state index contributed by atoms with van der Waals surface area (Å²) in [6.45, 7) is 1.58. The predicted octanol–water partition coefficient (Wildman–Crippen LogP) is 6.67. The fourth-order valence-electron chi connectivity index (χ4n) is 4.06. The Hall–Kier alpha value is -2.06. The van der Waals surface area contributed by atoms with E-state index in [1.54, 1.807) is 0 Å². The van der Waals surface area contributed by atoms with Crippen molar-refractivity contribution in [3.8, 4) is 0 Å². The van der Waals surface area contributed by atoms with Crippen molar-refractivity contribution in [2.45, 2.75) is 62.6 Å². The number of alkyl halides is 6. The third kappa shape index (κ3) is 5.60. The SMILES string of the molecule is CC(OCC1(c2ccccc2)CCC(O)CC1)c1cc(C(F)(F)F)cc(C(F)(F)F)c1. The van der Waals surface area contributed by atoms with Crippen LogP contribution in [-0.2, 0) is 22.5 Å². The normalized spacial score (nSPS) is 23.5. The van der Waals surface area contributed by atoms with E-state index in [1.165, 1.54) is 6.92 Å². The van der Waals surface area contributed by atoms with Crippen LogP contribution in [0.15, 0.2) is 48.5 Å². The van der Waals surface area contributed by atoms with Crippen molar-refractivity contribution in [1.29, 1.82) is 0 Å². The summed E-state index contributed by atoms with van der Waals surface area (Å²) in [6.07, 6.45) is -8.88. The number of hydrogen-bond donors (Lipinski definition) is 1. The first-order valence-electron chi connectivity index (χ1n) is 10.1. The van der Waals surface area contributed by atoms with Crippen LogP contribution < -0.4 is 0 Å². The van der Waals surface area contributed by atoms with Crippen LogP contribution in [0.25, 0.3) is 0 Å². The molecule has 1 fully saturated rings. The van der Waals surface area contributed by atoms with Gasteiger partial charge in [0, 0.05) is 5.41 Å². The van der Waals surface area contributed by atoms with Crippen LogP contribution in [0.5, 0.6) is 0 Å². The maximum Gasteiger partial charge on any atom is 0.416 e. The number of halogens is 6. The van der Waals surface area contributed by atoms with E-state index < -0.39 is 41.1 Å². The zero-order valence-electron chi connectivity index (χ0n) is 16.9. The molecule has 170 valence electrons. The van der Waals surface area contributed by atoms with Crippen molar-refractivity contribution in [3.05, 3.63) is 70.8 Å². The lowest BCUT2D eigenvalue weighted by atomic mass is 9.69. The van der Waals surface area contributed by atoms with Crippen molar-refractivity contribution in [2.75, 3.05) is 6.61 Å². The van der Waals surface area contributed by atoms with Gasteiger partial charge < -0.3 is 9.84 Å². The second-order valence-electron chi connectivity index (χ2n) is 8.17. The van der Waals surface area contributed by atoms with Gasteiger partial charge in [-0.2, -0.15) is 26.3 Å². The maximum atomic E-state index is 13.2. The van der Waals surface area contributed by atoms with E-state index in [4.69, 9.17) is 4.74 Å². The van der Waals surface area contributed by atoms with Crippen LogP contribution in [0.1, 0.15) is 61.0 Å². The number of ether oxygens (including phenoxy) is 1. The van der Waals surface area contributed by atoms with Crippen LogP contribution in [0.4, 0.5) is 26.3 Å². The summed E-state index contributed by atoms with van der Waals surface area (Å²) >= 11 is 0. The minimum Gasteiger partial charge on any atom is -0.393 e. The van der Waals surface area contributed by atoms with Gasteiger partial charge in [-0.3, -0.25) is 0 Å². The Labute approximate surface area is 176 Å². The second kappa shape index (κ2) is 8.82. The first kappa shape index (κ1) is 23.6. The molecule has 1 unspecified atom stereocenters. The third-order valence-corrected chi connectivity index (χ3v) is 5.99. The highest BCUT2D eigenvalue weighted by Gasteiger charge is 2.39. The number of aliphatic hydroxyl groups excluding tert-OH is 1. The Morgan fingerprint density at radius 2 is 1.45 bits per heavy atom. The van der Waals surface area contributed by atoms with E-state index in [1.807, 2.05) is 30.3 Å². The van der Waals surface area contributed by atoms with Crippen LogP contribution in [-0.4, -0.2) is 17.8 Å². The molecule has 0 aliphatic heterocycles. The summed E-state index contributed by atoms with van der Waals surface area (Å²) in [6, 6.07) is 11.0. The lowest BCUT2D eigenvalue weighted by Gasteiger charge is -2.40. The molecule has 1 aliphatic carbocycles. The van der Waals surface area contributed by atoms with E-state index in [0.29, 0.717) is 37.8 Å². The molecule has 3 rings (SSSR count). The average molecular weight is 446 g/mol. The smallest absolute Gasteiger partial charge is 0.393 e. The molecule has 1 saturated carbocycles. The Bertz CT molecular complexity index is 836. The molecule has 0 amide bonds. The lowest BCUT2D eigenvalue weighted by Crippen LogP contribution is -2.38. The topological polar surface area (TPSA) is 29.5 Å². The molecule has 0 saturated heterocycles. The van der Waals surface area contributed by atoms with Crippen LogP contribution >= 0.6 is 0 Å². The molecule has 0 heterocycles. The fourth-order valence-corrected chi connectivity index (χ4v) is 4.06. The van der Waals surface area contributed by atoms with Crippen LogP contribution in [0, 0.1) is 0 Å². The van der Waals surface area contributed by atoms with Gasteiger partial charge in [0.2, 0.25) is 0 Å². The molecular weight excluding hydrogens is 422 g/mol. The molecule has 2 aromatic rings. The molecule has 2 aromatic carbocycles. The van der Waals surface area contributed by atoms with E-state index in [2.05, 4.69) is 0 Å². The molecular formula is C23H24F6O2. The minimum absolute atomic E-state index is 0.115. The largest absolute Gasteiger partial charge is 0.416 e. The number of benzene rings is 2. The Balaban J connectivity index is 1.87. The standard InChI is InChI=1S/C23H24F6O2/c1-15(16-11-18(22(24,25)26)13-19(12-16)23(27,28)29)31-14-21(9-7-20(30)8-10-21)17-5-3-2-4-6-17/h2-6,11-13,15,20,30H,7-10,14H2,1H3. The summed E-state index contributed by atoms with van der Waals surface area (Å²) in [7, 11) is 0. The van der Waals surface area contributed by atoms with Crippen molar-refractivity contribution < 1.29 is 36.2 Å². The minimum atomic E-state index is -4.90. The average Bonchev–Trinajstić information content (AvgIpc) is 2.72. The van der Waals surface area contributed by atoms with Gasteiger partial charge in [-0.15, -0.1) is 0 Å². The Morgan fingerprint density at radius 3 is 1.94 bits per heavy atom. The van der Waals surface area contributed by atoms with Gasteiger partial charge in [0.05, 0.1) is 29.9 Å². The molecule has 0 radical (unpaired) electrons. The molecule has 31 heavy (non-hydrogen) atoms. The second-order valence-corrected chi connectivity index (χ2v) is 8.17. The quantitative estimate of drug-likeness (QED) is 0.520. The molecule has 0 spiro atoms. The van der Waals surface area contributed by atoms with Crippen molar-refractivity contribution in [3.63, 3.8) is 0 Å². The monoisotopic (exact) mass is 446 g/mol. The van der Waals surface area contributed by atoms with Gasteiger partial charge in [0.25, 0.3) is 0 Å². The summed E-state index contributed by atoms with van der Waals surface area (Å²) in [5.41, 5.74) is -2.36. The van der Waals surface area contributed by atoms with E-state index in [-0.39, 0.29) is 18.2 Å². The highest BCUT2D eigenvalue weighted by molar-refractivity contribution is 5.35. The van der Waals surface area contributed by atoms with Gasteiger partial charge in [-0.1, -0.05) is 30.3 Å². The lowest BCUT2D eigenvalue weighted by molar-refractivity contribution is -0.143. The number of aliphatic hydroxyl groups is 1. The van der Waals surface area contributed by atoms with Crippen LogP contribution in [0.3, 0.4) is 0 Å². The van der Waals surface area contributed by atoms with Crippen molar-refractivity contribution in [1.82, 2.24) is 0 Å². The van der Waals surface area contributed by atoms with E-state index in [9.17, 15) is 31.4 Å². The highest BCUT2D eigenvalue weighted by Crippen LogP contribution is 2.42. The van der Waals surface area contributed by atoms with Crippen molar-refractivity contribution >= 4 is 0 Å². The molecule has 2 nitrogen and oxygen atoms in total. The van der Waals surface area contributed by atoms with Gasteiger partial charge in [-0.05, 0) is 61.9 Å². The van der Waals surface area contributed by atoms with Crippen molar-refractivity contribution in [2.24, 2.45) is 0 Å². The molecule has 1 aliphatic rings. The molecule has 0 bridgehead atoms. The number of rotatable bonds is 5. The van der Waals surface area contributed by atoms with Crippen LogP contribution in [0.2, 0.25) is 0 Å². The van der Waals surface area contributed by atoms with Gasteiger partial charge in [0.15, 0.2) is 0 Å².